The fraction of sp³-hybridized carbons (Fsp3) is 0.188. The molecule has 5 nitrogen and oxygen atoms in total. The predicted molar refractivity (Wildman–Crippen MR) is 96.1 cm³/mol. The quantitative estimate of drug-likeness (QED) is 0.855. The van der Waals surface area contributed by atoms with E-state index in [1.807, 2.05) is 13.0 Å². The number of hydrogen-bond donors (Lipinski definition) is 1. The molecule has 0 aromatic heterocycles. The molecule has 2 rings (SSSR count). The number of rotatable bonds is 5. The number of carbonyl (C=O) groups is 1. The molecule has 8 heteroatoms. The maximum atomic E-state index is 13.1. The smallest absolute Gasteiger partial charge is 0.266 e. The third-order valence-electron chi connectivity index (χ3n) is 3.61. The summed E-state index contributed by atoms with van der Waals surface area (Å²) < 4.78 is 27.1. The van der Waals surface area contributed by atoms with Crippen molar-refractivity contribution in [2.24, 2.45) is 5.73 Å². The van der Waals surface area contributed by atoms with E-state index >= 15 is 0 Å². The minimum Gasteiger partial charge on any atom is -0.368 e. The van der Waals surface area contributed by atoms with Crippen LogP contribution in [0.1, 0.15) is 11.1 Å². The fourth-order valence-corrected chi connectivity index (χ4v) is 4.47. The van der Waals surface area contributed by atoms with Gasteiger partial charge in [0.25, 0.3) is 10.0 Å². The molecule has 0 bridgehead atoms. The van der Waals surface area contributed by atoms with Crippen molar-refractivity contribution in [2.45, 2.75) is 18.7 Å². The van der Waals surface area contributed by atoms with Gasteiger partial charge in [0.2, 0.25) is 5.91 Å². The van der Waals surface area contributed by atoms with Gasteiger partial charge < -0.3 is 5.73 Å². The zero-order valence-corrected chi connectivity index (χ0v) is 15.4. The van der Waals surface area contributed by atoms with Crippen molar-refractivity contribution in [3.8, 4) is 0 Å². The Morgan fingerprint density at radius 3 is 2.46 bits per heavy atom. The Balaban J connectivity index is 2.69. The Morgan fingerprint density at radius 1 is 1.17 bits per heavy atom. The summed E-state index contributed by atoms with van der Waals surface area (Å²) >= 11 is 11.9. The van der Waals surface area contributed by atoms with E-state index in [1.165, 1.54) is 18.2 Å². The van der Waals surface area contributed by atoms with Crippen LogP contribution in [0.5, 0.6) is 0 Å². The van der Waals surface area contributed by atoms with Crippen molar-refractivity contribution in [1.82, 2.24) is 0 Å². The molecule has 1 amide bonds. The molecule has 0 aliphatic heterocycles. The van der Waals surface area contributed by atoms with E-state index in [0.717, 1.165) is 15.4 Å². The van der Waals surface area contributed by atoms with Crippen molar-refractivity contribution in [3.63, 3.8) is 0 Å². The number of hydrogen-bond acceptors (Lipinski definition) is 3. The van der Waals surface area contributed by atoms with Crippen LogP contribution in [-0.2, 0) is 14.8 Å². The summed E-state index contributed by atoms with van der Waals surface area (Å²) in [5.41, 5.74) is 7.23. The SMILES string of the molecule is Cc1cccc(N(CC(N)=O)S(=O)(=O)c2cc(Cl)ccc2Cl)c1C. The minimum atomic E-state index is -4.13. The molecule has 2 aromatic carbocycles. The number of carbonyl (C=O) groups excluding carboxylic acids is 1. The Labute approximate surface area is 151 Å². The standard InChI is InChI=1S/C16H16Cl2N2O3S/c1-10-4-3-5-14(11(10)2)20(9-16(19)21)24(22,23)15-8-12(17)6-7-13(15)18/h3-8H,9H2,1-2H3,(H2,19,21). The number of anilines is 1. The van der Waals surface area contributed by atoms with Crippen LogP contribution in [0.3, 0.4) is 0 Å². The first-order valence-electron chi connectivity index (χ1n) is 6.97. The fourth-order valence-electron chi connectivity index (χ4n) is 2.24. The molecule has 2 aromatic rings. The van der Waals surface area contributed by atoms with Crippen LogP contribution in [0.15, 0.2) is 41.3 Å². The number of halogens is 2. The van der Waals surface area contributed by atoms with Crippen LogP contribution in [0.4, 0.5) is 5.69 Å². The maximum absolute atomic E-state index is 13.1. The van der Waals surface area contributed by atoms with E-state index in [0.29, 0.717) is 5.69 Å². The Morgan fingerprint density at radius 2 is 1.83 bits per heavy atom. The van der Waals surface area contributed by atoms with E-state index in [4.69, 9.17) is 28.9 Å². The molecule has 0 heterocycles. The number of nitrogens with zero attached hydrogens (tertiary/aromatic N) is 1. The summed E-state index contributed by atoms with van der Waals surface area (Å²) in [7, 11) is -4.13. The third-order valence-corrected chi connectivity index (χ3v) is 6.08. The molecular formula is C16H16Cl2N2O3S. The number of sulfonamides is 1. The number of benzene rings is 2. The van der Waals surface area contributed by atoms with Crippen molar-refractivity contribution in [2.75, 3.05) is 10.8 Å². The second-order valence-electron chi connectivity index (χ2n) is 5.27. The summed E-state index contributed by atoms with van der Waals surface area (Å²) in [6.07, 6.45) is 0. The highest BCUT2D eigenvalue weighted by molar-refractivity contribution is 7.93. The summed E-state index contributed by atoms with van der Waals surface area (Å²) in [6, 6.07) is 9.29. The second kappa shape index (κ2) is 7.01. The normalized spacial score (nSPS) is 11.3. The molecule has 128 valence electrons. The first-order chi connectivity index (χ1) is 11.1. The van der Waals surface area contributed by atoms with E-state index in [-0.39, 0.29) is 14.9 Å². The highest BCUT2D eigenvalue weighted by Gasteiger charge is 2.30. The molecule has 0 spiro atoms. The highest BCUT2D eigenvalue weighted by atomic mass is 35.5. The van der Waals surface area contributed by atoms with E-state index < -0.39 is 22.5 Å². The molecule has 0 saturated heterocycles. The molecule has 0 saturated carbocycles. The largest absolute Gasteiger partial charge is 0.368 e. The monoisotopic (exact) mass is 386 g/mol. The molecule has 0 radical (unpaired) electrons. The first kappa shape index (κ1) is 18.6. The van der Waals surface area contributed by atoms with Crippen molar-refractivity contribution in [3.05, 3.63) is 57.6 Å². The van der Waals surface area contributed by atoms with Crippen LogP contribution in [0, 0.1) is 13.8 Å². The van der Waals surface area contributed by atoms with Crippen LogP contribution in [0.25, 0.3) is 0 Å². The van der Waals surface area contributed by atoms with E-state index in [1.54, 1.807) is 19.1 Å². The average molecular weight is 387 g/mol. The Kier molecular flexibility index (Phi) is 5.42. The average Bonchev–Trinajstić information content (AvgIpc) is 2.50. The summed E-state index contributed by atoms with van der Waals surface area (Å²) in [5.74, 6) is -0.780. The summed E-state index contributed by atoms with van der Waals surface area (Å²) in [5, 5.41) is 0.233. The zero-order valence-electron chi connectivity index (χ0n) is 13.1. The lowest BCUT2D eigenvalue weighted by atomic mass is 10.1. The van der Waals surface area contributed by atoms with Gasteiger partial charge in [-0.15, -0.1) is 0 Å². The number of primary amides is 1. The molecule has 0 aliphatic carbocycles. The molecular weight excluding hydrogens is 371 g/mol. The summed E-state index contributed by atoms with van der Waals surface area (Å²) in [6.45, 7) is 3.11. The van der Waals surface area contributed by atoms with Gasteiger partial charge in [-0.1, -0.05) is 35.3 Å². The van der Waals surface area contributed by atoms with Crippen LogP contribution < -0.4 is 10.0 Å². The van der Waals surface area contributed by atoms with E-state index in [2.05, 4.69) is 0 Å². The third kappa shape index (κ3) is 3.66. The maximum Gasteiger partial charge on any atom is 0.266 e. The first-order valence-corrected chi connectivity index (χ1v) is 9.16. The molecule has 24 heavy (non-hydrogen) atoms. The van der Waals surface area contributed by atoms with Crippen molar-refractivity contribution in [1.29, 1.82) is 0 Å². The molecule has 0 fully saturated rings. The lowest BCUT2D eigenvalue weighted by Crippen LogP contribution is -2.39. The van der Waals surface area contributed by atoms with Crippen LogP contribution in [-0.4, -0.2) is 20.9 Å². The lowest BCUT2D eigenvalue weighted by Gasteiger charge is -2.26. The second-order valence-corrected chi connectivity index (χ2v) is 7.95. The van der Waals surface area contributed by atoms with Gasteiger partial charge in [0, 0.05) is 5.02 Å². The van der Waals surface area contributed by atoms with Gasteiger partial charge >= 0.3 is 0 Å². The Bertz CT molecular complexity index is 898. The molecule has 0 unspecified atom stereocenters. The van der Waals surface area contributed by atoms with Gasteiger partial charge in [-0.2, -0.15) is 0 Å². The van der Waals surface area contributed by atoms with Gasteiger partial charge in [-0.05, 0) is 49.2 Å². The van der Waals surface area contributed by atoms with E-state index in [9.17, 15) is 13.2 Å². The van der Waals surface area contributed by atoms with Gasteiger partial charge in [0.1, 0.15) is 11.4 Å². The number of amides is 1. The number of nitrogens with two attached hydrogens (primary N) is 1. The van der Waals surface area contributed by atoms with Gasteiger partial charge in [-0.25, -0.2) is 8.42 Å². The van der Waals surface area contributed by atoms with Gasteiger partial charge in [0.05, 0.1) is 10.7 Å². The molecule has 0 atom stereocenters. The summed E-state index contributed by atoms with van der Waals surface area (Å²) in [4.78, 5) is 11.3. The van der Waals surface area contributed by atoms with Gasteiger partial charge in [0.15, 0.2) is 0 Å². The topological polar surface area (TPSA) is 80.5 Å². The highest BCUT2D eigenvalue weighted by Crippen LogP contribution is 2.32. The van der Waals surface area contributed by atoms with Gasteiger partial charge in [-0.3, -0.25) is 9.10 Å². The zero-order chi connectivity index (χ0) is 18.1. The minimum absolute atomic E-state index is 0.0131. The van der Waals surface area contributed by atoms with Crippen LogP contribution >= 0.6 is 23.2 Å². The van der Waals surface area contributed by atoms with Crippen molar-refractivity contribution >= 4 is 44.8 Å². The molecule has 0 aliphatic rings. The predicted octanol–water partition coefficient (Wildman–Crippen LogP) is 3.29. The Hall–Kier alpha value is -1.76. The number of aryl methyl sites for hydroxylation is 1. The van der Waals surface area contributed by atoms with Crippen LogP contribution in [0.2, 0.25) is 10.0 Å². The lowest BCUT2D eigenvalue weighted by molar-refractivity contribution is -0.116. The molecule has 2 N–H and O–H groups in total. The van der Waals surface area contributed by atoms with Crippen molar-refractivity contribution < 1.29 is 13.2 Å².